The van der Waals surface area contributed by atoms with Crippen LogP contribution in [-0.4, -0.2) is 34.1 Å². The predicted molar refractivity (Wildman–Crippen MR) is 121 cm³/mol. The normalized spacial score (nSPS) is 17.5. The number of thiophene rings is 1. The Morgan fingerprint density at radius 2 is 1.93 bits per heavy atom. The van der Waals surface area contributed by atoms with Crippen molar-refractivity contribution in [2.75, 3.05) is 19.6 Å². The molecule has 0 N–H and O–H groups in total. The summed E-state index contributed by atoms with van der Waals surface area (Å²) in [4.78, 5) is 23.3. The van der Waals surface area contributed by atoms with Gasteiger partial charge in [-0.05, 0) is 55.7 Å². The molecule has 0 saturated heterocycles. The van der Waals surface area contributed by atoms with Crippen molar-refractivity contribution in [1.29, 1.82) is 0 Å². The number of aromatic nitrogens is 2. The van der Waals surface area contributed by atoms with Gasteiger partial charge in [0, 0.05) is 24.4 Å². The van der Waals surface area contributed by atoms with Crippen molar-refractivity contribution in [1.82, 2.24) is 14.5 Å². The lowest BCUT2D eigenvalue weighted by Crippen LogP contribution is -2.33. The molecular formula is C23H37N3OS. The maximum Gasteiger partial charge on any atom is 0.262 e. The van der Waals surface area contributed by atoms with E-state index < -0.39 is 0 Å². The van der Waals surface area contributed by atoms with Crippen LogP contribution in [0.2, 0.25) is 0 Å². The average molecular weight is 404 g/mol. The number of hydrogen-bond acceptors (Lipinski definition) is 4. The lowest BCUT2D eigenvalue weighted by molar-refractivity contribution is 0.218. The van der Waals surface area contributed by atoms with Crippen molar-refractivity contribution in [3.8, 4) is 0 Å². The van der Waals surface area contributed by atoms with Crippen molar-refractivity contribution in [2.45, 2.75) is 80.2 Å². The van der Waals surface area contributed by atoms with E-state index >= 15 is 0 Å². The molecule has 2 aromatic heterocycles. The number of likely N-dealkylation sites (N-methyl/N-ethyl adjacent to an activating group) is 1. The zero-order valence-corrected chi connectivity index (χ0v) is 19.4. The van der Waals surface area contributed by atoms with Crippen LogP contribution >= 0.6 is 11.3 Å². The fraction of sp³-hybridized carbons (Fsp3) is 0.739. The average Bonchev–Trinajstić information content (AvgIpc) is 3.01. The van der Waals surface area contributed by atoms with Gasteiger partial charge in [-0.1, -0.05) is 41.5 Å². The van der Waals surface area contributed by atoms with Gasteiger partial charge in [-0.2, -0.15) is 0 Å². The van der Waals surface area contributed by atoms with Crippen molar-refractivity contribution in [3.05, 3.63) is 26.6 Å². The minimum atomic E-state index is 0.201. The molecular weight excluding hydrogens is 366 g/mol. The van der Waals surface area contributed by atoms with Gasteiger partial charge < -0.3 is 4.90 Å². The van der Waals surface area contributed by atoms with Crippen LogP contribution in [0.4, 0.5) is 0 Å². The van der Waals surface area contributed by atoms with Gasteiger partial charge in [-0.3, -0.25) is 9.36 Å². The Morgan fingerprint density at radius 1 is 1.21 bits per heavy atom. The molecule has 5 heteroatoms. The molecule has 0 saturated carbocycles. The zero-order chi connectivity index (χ0) is 20.5. The Balaban J connectivity index is 2.03. The molecule has 0 fully saturated rings. The van der Waals surface area contributed by atoms with Crippen LogP contribution in [0.5, 0.6) is 0 Å². The van der Waals surface area contributed by atoms with E-state index in [2.05, 4.69) is 46.4 Å². The second-order valence-electron chi connectivity index (χ2n) is 9.25. The van der Waals surface area contributed by atoms with Crippen LogP contribution in [0.25, 0.3) is 10.2 Å². The van der Waals surface area contributed by atoms with Crippen molar-refractivity contribution in [3.63, 3.8) is 0 Å². The zero-order valence-electron chi connectivity index (χ0n) is 18.6. The summed E-state index contributed by atoms with van der Waals surface area (Å²) in [6.45, 7) is 17.2. The Labute approximate surface area is 174 Å². The predicted octanol–water partition coefficient (Wildman–Crippen LogP) is 4.90. The summed E-state index contributed by atoms with van der Waals surface area (Å²) in [5.41, 5.74) is 1.82. The van der Waals surface area contributed by atoms with Crippen molar-refractivity contribution >= 4 is 21.6 Å². The fourth-order valence-electron chi connectivity index (χ4n) is 4.47. The number of rotatable bonds is 7. The number of fused-ring (bicyclic) bond motifs is 3. The van der Waals surface area contributed by atoms with Gasteiger partial charge in [-0.15, -0.1) is 11.3 Å². The number of nitrogens with zero attached hydrogens (tertiary/aromatic N) is 3. The SMILES string of the molecule is CCCc1nc2sc3c(c2c(=O)n1CCN(CC)CC)CCC(C(C)(C)C)C3. The molecule has 0 bridgehead atoms. The molecule has 2 heterocycles. The quantitative estimate of drug-likeness (QED) is 0.660. The van der Waals surface area contributed by atoms with Gasteiger partial charge in [0.1, 0.15) is 10.7 Å². The molecule has 2 aromatic rings. The first-order chi connectivity index (χ1) is 13.3. The van der Waals surface area contributed by atoms with E-state index in [0.717, 1.165) is 67.9 Å². The summed E-state index contributed by atoms with van der Waals surface area (Å²) < 4.78 is 1.98. The van der Waals surface area contributed by atoms with E-state index in [9.17, 15) is 4.79 Å². The molecule has 3 rings (SSSR count). The molecule has 28 heavy (non-hydrogen) atoms. The molecule has 0 spiro atoms. The third kappa shape index (κ3) is 4.20. The van der Waals surface area contributed by atoms with Crippen LogP contribution in [0.1, 0.15) is 70.6 Å². The van der Waals surface area contributed by atoms with Crippen LogP contribution < -0.4 is 5.56 Å². The van der Waals surface area contributed by atoms with Gasteiger partial charge in [-0.25, -0.2) is 4.98 Å². The van der Waals surface area contributed by atoms with Crippen LogP contribution in [0.3, 0.4) is 0 Å². The minimum absolute atomic E-state index is 0.201. The molecule has 0 aliphatic heterocycles. The smallest absolute Gasteiger partial charge is 0.262 e. The van der Waals surface area contributed by atoms with E-state index in [1.807, 2.05) is 4.57 Å². The molecule has 1 atom stereocenters. The maximum absolute atomic E-state index is 13.5. The van der Waals surface area contributed by atoms with Crippen molar-refractivity contribution in [2.24, 2.45) is 11.3 Å². The summed E-state index contributed by atoms with van der Waals surface area (Å²) in [5.74, 6) is 1.66. The lowest BCUT2D eigenvalue weighted by Gasteiger charge is -2.33. The first-order valence-electron chi connectivity index (χ1n) is 11.1. The van der Waals surface area contributed by atoms with Crippen LogP contribution in [0, 0.1) is 11.3 Å². The summed E-state index contributed by atoms with van der Waals surface area (Å²) in [7, 11) is 0. The van der Waals surface area contributed by atoms with Gasteiger partial charge in [0.2, 0.25) is 0 Å². The fourth-order valence-corrected chi connectivity index (χ4v) is 5.77. The molecule has 4 nitrogen and oxygen atoms in total. The highest BCUT2D eigenvalue weighted by Gasteiger charge is 2.32. The van der Waals surface area contributed by atoms with E-state index in [0.29, 0.717) is 11.3 Å². The van der Waals surface area contributed by atoms with E-state index in [1.165, 1.54) is 16.9 Å². The van der Waals surface area contributed by atoms with E-state index in [4.69, 9.17) is 4.98 Å². The largest absolute Gasteiger partial charge is 0.302 e. The molecule has 0 amide bonds. The maximum atomic E-state index is 13.5. The van der Waals surface area contributed by atoms with Gasteiger partial charge >= 0.3 is 0 Å². The standard InChI is InChI=1S/C23H37N3OS/c1-7-10-19-24-21-20(22(27)26(19)14-13-25(8-2)9-3)17-12-11-16(23(4,5)6)15-18(17)28-21/h16H,7-15H2,1-6H3. The summed E-state index contributed by atoms with van der Waals surface area (Å²) in [6, 6.07) is 0. The Kier molecular flexibility index (Phi) is 6.65. The summed E-state index contributed by atoms with van der Waals surface area (Å²) in [5, 5.41) is 0.923. The second kappa shape index (κ2) is 8.66. The van der Waals surface area contributed by atoms with E-state index in [-0.39, 0.29) is 5.56 Å². The molecule has 1 aliphatic carbocycles. The Morgan fingerprint density at radius 3 is 2.54 bits per heavy atom. The number of aryl methyl sites for hydroxylation is 2. The monoisotopic (exact) mass is 403 g/mol. The minimum Gasteiger partial charge on any atom is -0.302 e. The Bertz CT molecular complexity index is 871. The van der Waals surface area contributed by atoms with Gasteiger partial charge in [0.15, 0.2) is 0 Å². The first-order valence-corrected chi connectivity index (χ1v) is 11.9. The molecule has 156 valence electrons. The second-order valence-corrected chi connectivity index (χ2v) is 10.3. The summed E-state index contributed by atoms with van der Waals surface area (Å²) in [6.07, 6.45) is 5.19. The molecule has 0 aromatic carbocycles. The lowest BCUT2D eigenvalue weighted by atomic mass is 9.72. The first kappa shape index (κ1) is 21.5. The molecule has 0 radical (unpaired) electrons. The van der Waals surface area contributed by atoms with Crippen LogP contribution in [-0.2, 0) is 25.8 Å². The third-order valence-electron chi connectivity index (χ3n) is 6.48. The van der Waals surface area contributed by atoms with Gasteiger partial charge in [0.25, 0.3) is 5.56 Å². The van der Waals surface area contributed by atoms with E-state index in [1.54, 1.807) is 11.3 Å². The topological polar surface area (TPSA) is 38.1 Å². The highest BCUT2D eigenvalue weighted by Crippen LogP contribution is 2.42. The van der Waals surface area contributed by atoms with Crippen molar-refractivity contribution < 1.29 is 0 Å². The summed E-state index contributed by atoms with van der Waals surface area (Å²) >= 11 is 1.78. The molecule has 1 aliphatic rings. The van der Waals surface area contributed by atoms with Gasteiger partial charge in [0.05, 0.1) is 5.39 Å². The third-order valence-corrected chi connectivity index (χ3v) is 7.63. The number of hydrogen-bond donors (Lipinski definition) is 0. The highest BCUT2D eigenvalue weighted by molar-refractivity contribution is 7.18. The Hall–Kier alpha value is -1.20. The highest BCUT2D eigenvalue weighted by atomic mass is 32.1. The van der Waals surface area contributed by atoms with Crippen LogP contribution in [0.15, 0.2) is 4.79 Å². The molecule has 1 unspecified atom stereocenters.